The summed E-state index contributed by atoms with van der Waals surface area (Å²) in [7, 11) is -6.92. The third-order valence-corrected chi connectivity index (χ3v) is 2.72. The molecule has 0 bridgehead atoms. The molecule has 5 nitrogen and oxygen atoms in total. The van der Waals surface area contributed by atoms with E-state index in [2.05, 4.69) is 10.8 Å². The van der Waals surface area contributed by atoms with Crippen LogP contribution in [-0.4, -0.2) is 35.5 Å². The Hall–Kier alpha value is -0.400. The van der Waals surface area contributed by atoms with Crippen LogP contribution in [0.3, 0.4) is 0 Å². The second-order valence-electron chi connectivity index (χ2n) is 2.11. The molecule has 0 aliphatic rings. The van der Waals surface area contributed by atoms with Crippen molar-refractivity contribution < 1.29 is 21.0 Å². The minimum atomic E-state index is -3.74. The Morgan fingerprint density at radius 3 is 2.17 bits per heavy atom. The van der Waals surface area contributed by atoms with Gasteiger partial charge in [0.1, 0.15) is 9.84 Å². The molecule has 0 amide bonds. The molecule has 0 aromatic rings. The summed E-state index contributed by atoms with van der Waals surface area (Å²) in [6.45, 7) is 2.62. The lowest BCUT2D eigenvalue weighted by atomic mass is 10.9. The summed E-state index contributed by atoms with van der Waals surface area (Å²) < 4.78 is 46.3. The average Bonchev–Trinajstić information content (AvgIpc) is 1.84. The summed E-state index contributed by atoms with van der Waals surface area (Å²) in [4.78, 5) is 0. The van der Waals surface area contributed by atoms with E-state index in [9.17, 15) is 16.8 Å². The summed E-state index contributed by atoms with van der Waals surface area (Å²) in [6.07, 6.45) is 0.997. The van der Waals surface area contributed by atoms with Crippen LogP contribution in [0.15, 0.2) is 12.0 Å². The van der Waals surface area contributed by atoms with Crippen LogP contribution in [0.2, 0.25) is 0 Å². The molecule has 0 saturated heterocycles. The summed E-state index contributed by atoms with van der Waals surface area (Å²) in [5.74, 6) is -0.319. The van der Waals surface area contributed by atoms with E-state index in [0.29, 0.717) is 5.41 Å². The SMILES string of the molecule is C=CS(=O)(=O)OCCS(C)(=O)=O. The summed E-state index contributed by atoms with van der Waals surface area (Å²) in [5, 5.41) is 0.620. The fourth-order valence-corrected chi connectivity index (χ4v) is 1.25. The number of hydrogen-bond donors (Lipinski definition) is 0. The van der Waals surface area contributed by atoms with Crippen molar-refractivity contribution in [1.29, 1.82) is 0 Å². The van der Waals surface area contributed by atoms with Crippen molar-refractivity contribution in [2.45, 2.75) is 0 Å². The van der Waals surface area contributed by atoms with Crippen molar-refractivity contribution >= 4 is 20.0 Å². The molecular formula is C5H10O5S2. The van der Waals surface area contributed by atoms with Gasteiger partial charge in [-0.05, 0) is 0 Å². The zero-order valence-corrected chi connectivity index (χ0v) is 8.19. The van der Waals surface area contributed by atoms with Gasteiger partial charge in [-0.3, -0.25) is 4.18 Å². The molecule has 0 aliphatic carbocycles. The molecule has 0 saturated carbocycles. The van der Waals surface area contributed by atoms with Gasteiger partial charge >= 0.3 is 0 Å². The van der Waals surface area contributed by atoms with Crippen molar-refractivity contribution in [1.82, 2.24) is 0 Å². The third kappa shape index (κ3) is 6.32. The average molecular weight is 214 g/mol. The zero-order valence-electron chi connectivity index (χ0n) is 6.56. The van der Waals surface area contributed by atoms with Gasteiger partial charge in [0, 0.05) is 6.26 Å². The lowest BCUT2D eigenvalue weighted by Crippen LogP contribution is -2.12. The van der Waals surface area contributed by atoms with Crippen molar-refractivity contribution in [3.63, 3.8) is 0 Å². The summed E-state index contributed by atoms with van der Waals surface area (Å²) in [6, 6.07) is 0. The second-order valence-corrected chi connectivity index (χ2v) is 5.93. The predicted octanol–water partition coefficient (Wildman–Crippen LogP) is -0.479. The van der Waals surface area contributed by atoms with E-state index in [1.807, 2.05) is 0 Å². The van der Waals surface area contributed by atoms with Gasteiger partial charge in [0.2, 0.25) is 0 Å². The maximum absolute atomic E-state index is 10.6. The summed E-state index contributed by atoms with van der Waals surface area (Å²) >= 11 is 0. The minimum Gasteiger partial charge on any atom is -0.266 e. The van der Waals surface area contributed by atoms with Crippen LogP contribution in [0.1, 0.15) is 0 Å². The Morgan fingerprint density at radius 1 is 1.33 bits per heavy atom. The first-order valence-corrected chi connectivity index (χ1v) is 6.49. The van der Waals surface area contributed by atoms with Crippen LogP contribution < -0.4 is 0 Å². The smallest absolute Gasteiger partial charge is 0.266 e. The van der Waals surface area contributed by atoms with E-state index in [1.54, 1.807) is 0 Å². The molecular weight excluding hydrogens is 204 g/mol. The Morgan fingerprint density at radius 2 is 1.83 bits per heavy atom. The first kappa shape index (κ1) is 11.6. The van der Waals surface area contributed by atoms with Crippen LogP contribution in [0.4, 0.5) is 0 Å². The fourth-order valence-electron chi connectivity index (χ4n) is 0.350. The molecule has 12 heavy (non-hydrogen) atoms. The molecule has 0 rings (SSSR count). The molecule has 0 atom stereocenters. The molecule has 0 aromatic heterocycles. The van der Waals surface area contributed by atoms with Crippen molar-refractivity contribution in [2.24, 2.45) is 0 Å². The Kier molecular flexibility index (Phi) is 3.88. The van der Waals surface area contributed by atoms with Gasteiger partial charge in [0.15, 0.2) is 0 Å². The van der Waals surface area contributed by atoms with Gasteiger partial charge in [-0.2, -0.15) is 8.42 Å². The maximum atomic E-state index is 10.6. The number of hydrogen-bond acceptors (Lipinski definition) is 5. The third-order valence-electron chi connectivity index (χ3n) is 0.906. The standard InChI is InChI=1S/C5H10O5S2/c1-3-12(8,9)10-4-5-11(2,6)7/h3H,1,4-5H2,2H3. The van der Waals surface area contributed by atoms with Crippen molar-refractivity contribution in [2.75, 3.05) is 18.6 Å². The minimum absolute atomic E-state index is 0.319. The number of sulfone groups is 1. The predicted molar refractivity (Wildman–Crippen MR) is 44.8 cm³/mol. The van der Waals surface area contributed by atoms with E-state index in [-0.39, 0.29) is 12.4 Å². The van der Waals surface area contributed by atoms with Gasteiger partial charge in [0.05, 0.1) is 17.8 Å². The van der Waals surface area contributed by atoms with E-state index >= 15 is 0 Å². The monoisotopic (exact) mass is 214 g/mol. The van der Waals surface area contributed by atoms with Crippen molar-refractivity contribution in [3.05, 3.63) is 12.0 Å². The molecule has 0 aromatic carbocycles. The van der Waals surface area contributed by atoms with E-state index < -0.39 is 20.0 Å². The lowest BCUT2D eigenvalue weighted by Gasteiger charge is -1.98. The van der Waals surface area contributed by atoms with Gasteiger partial charge in [0.25, 0.3) is 10.1 Å². The van der Waals surface area contributed by atoms with E-state index in [1.165, 1.54) is 0 Å². The molecule has 0 unspecified atom stereocenters. The first-order chi connectivity index (χ1) is 5.27. The molecule has 0 heterocycles. The Balaban J connectivity index is 3.97. The van der Waals surface area contributed by atoms with Crippen LogP contribution in [-0.2, 0) is 24.1 Å². The lowest BCUT2D eigenvalue weighted by molar-refractivity contribution is 0.345. The maximum Gasteiger partial charge on any atom is 0.289 e. The van der Waals surface area contributed by atoms with E-state index in [4.69, 9.17) is 0 Å². The normalized spacial score (nSPS) is 12.8. The fraction of sp³-hybridized carbons (Fsp3) is 0.600. The number of rotatable bonds is 5. The van der Waals surface area contributed by atoms with Crippen LogP contribution >= 0.6 is 0 Å². The molecule has 0 radical (unpaired) electrons. The Labute approximate surface area is 72.1 Å². The summed E-state index contributed by atoms with van der Waals surface area (Å²) in [5.41, 5.74) is 0. The highest BCUT2D eigenvalue weighted by atomic mass is 32.2. The highest BCUT2D eigenvalue weighted by molar-refractivity contribution is 7.91. The molecule has 7 heteroatoms. The molecule has 0 fully saturated rings. The second kappa shape index (κ2) is 4.01. The van der Waals surface area contributed by atoms with Gasteiger partial charge < -0.3 is 0 Å². The van der Waals surface area contributed by atoms with Crippen molar-refractivity contribution in [3.8, 4) is 0 Å². The Bertz CT molecular complexity index is 336. The van der Waals surface area contributed by atoms with Crippen LogP contribution in [0, 0.1) is 0 Å². The topological polar surface area (TPSA) is 77.5 Å². The van der Waals surface area contributed by atoms with E-state index in [0.717, 1.165) is 6.26 Å². The molecule has 0 N–H and O–H groups in total. The first-order valence-electron chi connectivity index (χ1n) is 2.96. The van der Waals surface area contributed by atoms with Crippen LogP contribution in [0.25, 0.3) is 0 Å². The largest absolute Gasteiger partial charge is 0.289 e. The van der Waals surface area contributed by atoms with Gasteiger partial charge in [-0.15, -0.1) is 0 Å². The highest BCUT2D eigenvalue weighted by Crippen LogP contribution is 1.94. The zero-order chi connectivity index (χ0) is 9.83. The molecule has 0 aliphatic heterocycles. The van der Waals surface area contributed by atoms with Gasteiger partial charge in [-0.1, -0.05) is 6.58 Å². The van der Waals surface area contributed by atoms with Gasteiger partial charge in [-0.25, -0.2) is 8.42 Å². The quantitative estimate of drug-likeness (QED) is 0.578. The molecule has 72 valence electrons. The highest BCUT2D eigenvalue weighted by Gasteiger charge is 2.07. The van der Waals surface area contributed by atoms with Crippen LogP contribution in [0.5, 0.6) is 0 Å². The molecule has 0 spiro atoms.